The smallest absolute Gasteiger partial charge is 0.253 e. The number of amides is 1. The second-order valence-electron chi connectivity index (χ2n) is 5.34. The van der Waals surface area contributed by atoms with E-state index in [1.54, 1.807) is 12.3 Å². The van der Waals surface area contributed by atoms with E-state index < -0.39 is 5.60 Å². The predicted molar refractivity (Wildman–Crippen MR) is 70.5 cm³/mol. The summed E-state index contributed by atoms with van der Waals surface area (Å²) in [5.41, 5.74) is 0.809. The lowest BCUT2D eigenvalue weighted by atomic mass is 9.94. The quantitative estimate of drug-likeness (QED) is 0.720. The molecule has 3 N–H and O–H groups in total. The summed E-state index contributed by atoms with van der Waals surface area (Å²) in [6.07, 6.45) is 7.81. The largest absolute Gasteiger partial charge is 0.388 e. The molecule has 4 heteroatoms. The maximum Gasteiger partial charge on any atom is 0.253 e. The Hall–Kier alpha value is -1.29. The highest BCUT2D eigenvalue weighted by molar-refractivity contribution is 5.95. The average Bonchev–Trinajstić information content (AvgIpc) is 2.65. The van der Waals surface area contributed by atoms with Gasteiger partial charge in [-0.05, 0) is 25.8 Å². The molecular formula is C14H22N2O2. The van der Waals surface area contributed by atoms with Crippen LogP contribution in [0.1, 0.15) is 54.6 Å². The van der Waals surface area contributed by atoms with Crippen LogP contribution in [0.15, 0.2) is 12.3 Å². The third kappa shape index (κ3) is 3.13. The SMILES string of the molecule is Cc1[nH]ccc1C(=O)NCC1(O)CCCCCC1. The van der Waals surface area contributed by atoms with Crippen LogP contribution >= 0.6 is 0 Å². The first-order valence-corrected chi connectivity index (χ1v) is 6.75. The zero-order valence-corrected chi connectivity index (χ0v) is 11.0. The van der Waals surface area contributed by atoms with Crippen LogP contribution in [-0.4, -0.2) is 28.1 Å². The summed E-state index contributed by atoms with van der Waals surface area (Å²) < 4.78 is 0. The molecule has 1 saturated carbocycles. The van der Waals surface area contributed by atoms with Crippen LogP contribution in [-0.2, 0) is 0 Å². The first kappa shape index (κ1) is 13.1. The molecule has 1 aliphatic rings. The van der Waals surface area contributed by atoms with Crippen molar-refractivity contribution in [2.75, 3.05) is 6.54 Å². The van der Waals surface area contributed by atoms with Gasteiger partial charge >= 0.3 is 0 Å². The van der Waals surface area contributed by atoms with E-state index in [1.807, 2.05) is 6.92 Å². The molecule has 0 aliphatic heterocycles. The van der Waals surface area contributed by atoms with Crippen molar-refractivity contribution in [3.05, 3.63) is 23.5 Å². The Kier molecular flexibility index (Phi) is 4.07. The van der Waals surface area contributed by atoms with Crippen molar-refractivity contribution >= 4 is 5.91 Å². The van der Waals surface area contributed by atoms with Gasteiger partial charge in [-0.15, -0.1) is 0 Å². The van der Waals surface area contributed by atoms with Gasteiger partial charge in [-0.25, -0.2) is 0 Å². The second-order valence-corrected chi connectivity index (χ2v) is 5.34. The molecule has 1 fully saturated rings. The number of aliphatic hydroxyl groups is 1. The summed E-state index contributed by atoms with van der Waals surface area (Å²) in [6, 6.07) is 1.77. The molecule has 1 aromatic heterocycles. The van der Waals surface area contributed by atoms with Gasteiger partial charge in [0.1, 0.15) is 0 Å². The number of carbonyl (C=O) groups excluding carboxylic acids is 1. The molecule has 100 valence electrons. The molecule has 0 bridgehead atoms. The molecule has 0 radical (unpaired) electrons. The van der Waals surface area contributed by atoms with Crippen LogP contribution < -0.4 is 5.32 Å². The number of rotatable bonds is 3. The van der Waals surface area contributed by atoms with E-state index in [0.717, 1.165) is 31.4 Å². The predicted octanol–water partition coefficient (Wildman–Crippen LogP) is 2.14. The summed E-state index contributed by atoms with van der Waals surface area (Å²) in [5.74, 6) is -0.105. The topological polar surface area (TPSA) is 65.1 Å². The van der Waals surface area contributed by atoms with Gasteiger partial charge in [0, 0.05) is 18.4 Å². The molecule has 0 spiro atoms. The number of aromatic nitrogens is 1. The van der Waals surface area contributed by atoms with Crippen LogP contribution in [0.4, 0.5) is 0 Å². The fraction of sp³-hybridized carbons (Fsp3) is 0.643. The third-order valence-electron chi connectivity index (χ3n) is 3.81. The van der Waals surface area contributed by atoms with Gasteiger partial charge in [-0.3, -0.25) is 4.79 Å². The average molecular weight is 250 g/mol. The maximum absolute atomic E-state index is 12.0. The Bertz CT molecular complexity index is 404. The van der Waals surface area contributed by atoms with E-state index in [4.69, 9.17) is 0 Å². The molecule has 1 amide bonds. The first-order valence-electron chi connectivity index (χ1n) is 6.75. The van der Waals surface area contributed by atoms with E-state index >= 15 is 0 Å². The Balaban J connectivity index is 1.90. The van der Waals surface area contributed by atoms with E-state index in [0.29, 0.717) is 12.1 Å². The van der Waals surface area contributed by atoms with Gasteiger partial charge in [0.15, 0.2) is 0 Å². The summed E-state index contributed by atoms with van der Waals surface area (Å²) in [7, 11) is 0. The van der Waals surface area contributed by atoms with Gasteiger partial charge in [0.05, 0.1) is 11.2 Å². The number of nitrogens with one attached hydrogen (secondary N) is 2. The summed E-state index contributed by atoms with van der Waals surface area (Å²) in [5, 5.41) is 13.3. The van der Waals surface area contributed by atoms with Crippen molar-refractivity contribution in [2.24, 2.45) is 0 Å². The fourth-order valence-corrected chi connectivity index (χ4v) is 2.60. The van der Waals surface area contributed by atoms with E-state index in [1.165, 1.54) is 12.8 Å². The summed E-state index contributed by atoms with van der Waals surface area (Å²) >= 11 is 0. The lowest BCUT2D eigenvalue weighted by Crippen LogP contribution is -2.42. The van der Waals surface area contributed by atoms with Crippen LogP contribution in [0.5, 0.6) is 0 Å². The maximum atomic E-state index is 12.0. The monoisotopic (exact) mass is 250 g/mol. The Labute approximate surface area is 108 Å². The number of hydrogen-bond donors (Lipinski definition) is 3. The highest BCUT2D eigenvalue weighted by Crippen LogP contribution is 2.26. The number of aromatic amines is 1. The summed E-state index contributed by atoms with van der Waals surface area (Å²) in [6.45, 7) is 2.23. The molecule has 0 aromatic carbocycles. The lowest BCUT2D eigenvalue weighted by Gasteiger charge is -2.26. The normalized spacial score (nSPS) is 19.2. The zero-order valence-electron chi connectivity index (χ0n) is 11.0. The van der Waals surface area contributed by atoms with Crippen LogP contribution in [0, 0.1) is 6.92 Å². The van der Waals surface area contributed by atoms with Gasteiger partial charge in [-0.1, -0.05) is 25.7 Å². The van der Waals surface area contributed by atoms with Gasteiger partial charge in [0.25, 0.3) is 5.91 Å². The van der Waals surface area contributed by atoms with Crippen LogP contribution in [0.2, 0.25) is 0 Å². The van der Waals surface area contributed by atoms with E-state index in [-0.39, 0.29) is 5.91 Å². The van der Waals surface area contributed by atoms with Gasteiger partial charge in [0.2, 0.25) is 0 Å². The fourth-order valence-electron chi connectivity index (χ4n) is 2.60. The minimum Gasteiger partial charge on any atom is -0.388 e. The Morgan fingerprint density at radius 1 is 1.39 bits per heavy atom. The molecule has 0 unspecified atom stereocenters. The molecular weight excluding hydrogens is 228 g/mol. The van der Waals surface area contributed by atoms with Crippen molar-refractivity contribution < 1.29 is 9.90 Å². The standard InChI is InChI=1S/C14H22N2O2/c1-11-12(6-9-15-11)13(17)16-10-14(18)7-4-2-3-5-8-14/h6,9,15,18H,2-5,7-8,10H2,1H3,(H,16,17). The lowest BCUT2D eigenvalue weighted by molar-refractivity contribution is 0.0246. The van der Waals surface area contributed by atoms with Crippen molar-refractivity contribution in [1.82, 2.24) is 10.3 Å². The molecule has 4 nitrogen and oxygen atoms in total. The van der Waals surface area contributed by atoms with Crippen molar-refractivity contribution in [3.63, 3.8) is 0 Å². The number of aryl methyl sites for hydroxylation is 1. The molecule has 0 saturated heterocycles. The number of H-pyrrole nitrogens is 1. The second kappa shape index (κ2) is 5.57. The van der Waals surface area contributed by atoms with Gasteiger partial charge < -0.3 is 15.4 Å². The van der Waals surface area contributed by atoms with Crippen molar-refractivity contribution in [3.8, 4) is 0 Å². The minimum absolute atomic E-state index is 0.105. The van der Waals surface area contributed by atoms with Gasteiger partial charge in [-0.2, -0.15) is 0 Å². The molecule has 1 aromatic rings. The molecule has 1 heterocycles. The summed E-state index contributed by atoms with van der Waals surface area (Å²) in [4.78, 5) is 14.9. The molecule has 18 heavy (non-hydrogen) atoms. The van der Waals surface area contributed by atoms with Crippen molar-refractivity contribution in [2.45, 2.75) is 51.0 Å². The molecule has 1 aliphatic carbocycles. The van der Waals surface area contributed by atoms with E-state index in [9.17, 15) is 9.90 Å². The zero-order chi connectivity index (χ0) is 13.0. The minimum atomic E-state index is -0.712. The van der Waals surface area contributed by atoms with E-state index in [2.05, 4.69) is 10.3 Å². The van der Waals surface area contributed by atoms with Crippen LogP contribution in [0.3, 0.4) is 0 Å². The number of carbonyl (C=O) groups is 1. The van der Waals surface area contributed by atoms with Crippen molar-refractivity contribution in [1.29, 1.82) is 0 Å². The highest BCUT2D eigenvalue weighted by Gasteiger charge is 2.28. The molecule has 2 rings (SSSR count). The number of hydrogen-bond acceptors (Lipinski definition) is 2. The van der Waals surface area contributed by atoms with Crippen LogP contribution in [0.25, 0.3) is 0 Å². The third-order valence-corrected chi connectivity index (χ3v) is 3.81. The first-order chi connectivity index (χ1) is 8.61. The highest BCUT2D eigenvalue weighted by atomic mass is 16.3. The molecule has 0 atom stereocenters. The Morgan fingerprint density at radius 3 is 2.61 bits per heavy atom. The Morgan fingerprint density at radius 2 is 2.06 bits per heavy atom.